The van der Waals surface area contributed by atoms with Gasteiger partial charge in [0.2, 0.25) is 5.95 Å². The van der Waals surface area contributed by atoms with Crippen LogP contribution in [0.4, 0.5) is 20.5 Å². The van der Waals surface area contributed by atoms with Crippen LogP contribution in [0.3, 0.4) is 0 Å². The summed E-state index contributed by atoms with van der Waals surface area (Å²) in [7, 11) is 5.49. The molecular formula is C25H29ClF2N6O. The van der Waals surface area contributed by atoms with Gasteiger partial charge in [-0.3, -0.25) is 0 Å². The zero-order valence-electron chi connectivity index (χ0n) is 20.3. The molecule has 2 aliphatic heterocycles. The number of halogens is 3. The molecule has 2 aromatic carbocycles. The van der Waals surface area contributed by atoms with Gasteiger partial charge in [-0.25, -0.2) is 13.8 Å². The first-order chi connectivity index (χ1) is 16.8. The molecule has 0 spiro atoms. The summed E-state index contributed by atoms with van der Waals surface area (Å²) in [6, 6.07) is 6.53. The molecule has 3 heterocycles. The highest BCUT2D eigenvalue weighted by Gasteiger charge is 2.33. The molecule has 0 unspecified atom stereocenters. The molecule has 35 heavy (non-hydrogen) atoms. The van der Waals surface area contributed by atoms with Crippen LogP contribution in [0.5, 0.6) is 5.75 Å². The van der Waals surface area contributed by atoms with Gasteiger partial charge in [0.05, 0.1) is 17.7 Å². The van der Waals surface area contributed by atoms with Crippen molar-refractivity contribution in [2.75, 3.05) is 63.7 Å². The number of hydrogen-bond donors (Lipinski definition) is 1. The van der Waals surface area contributed by atoms with Crippen LogP contribution in [-0.2, 0) is 0 Å². The Morgan fingerprint density at radius 1 is 1.17 bits per heavy atom. The number of ether oxygens (including phenoxy) is 1. The molecule has 0 aliphatic carbocycles. The Morgan fingerprint density at radius 2 is 1.94 bits per heavy atom. The summed E-state index contributed by atoms with van der Waals surface area (Å²) in [5.41, 5.74) is 0.0369. The maximum absolute atomic E-state index is 16.3. The first-order valence-electron chi connectivity index (χ1n) is 11.7. The fourth-order valence-corrected chi connectivity index (χ4v) is 5.06. The first kappa shape index (κ1) is 24.0. The molecule has 2 fully saturated rings. The number of piperazine rings is 1. The third-order valence-corrected chi connectivity index (χ3v) is 7.24. The number of rotatable bonds is 5. The van der Waals surface area contributed by atoms with E-state index in [1.807, 2.05) is 19.0 Å². The maximum Gasteiger partial charge on any atom is 0.228 e. The molecule has 1 atom stereocenters. The number of hydrogen-bond acceptors (Lipinski definition) is 7. The van der Waals surface area contributed by atoms with E-state index in [9.17, 15) is 4.39 Å². The van der Waals surface area contributed by atoms with Crippen LogP contribution in [0.25, 0.3) is 22.0 Å². The summed E-state index contributed by atoms with van der Waals surface area (Å²) < 4.78 is 36.5. The first-order valence-corrected chi connectivity index (χ1v) is 12.1. The minimum Gasteiger partial charge on any atom is -0.496 e. The molecule has 3 aromatic rings. The van der Waals surface area contributed by atoms with Gasteiger partial charge >= 0.3 is 0 Å². The van der Waals surface area contributed by atoms with Crippen LogP contribution in [0.1, 0.15) is 6.92 Å². The third kappa shape index (κ3) is 4.15. The number of methoxy groups -OCH3 is 1. The van der Waals surface area contributed by atoms with Crippen molar-refractivity contribution in [3.8, 4) is 16.9 Å². The monoisotopic (exact) mass is 502 g/mol. The molecule has 1 aromatic heterocycles. The Hall–Kier alpha value is -2.75. The molecule has 2 aliphatic rings. The highest BCUT2D eigenvalue weighted by molar-refractivity contribution is 6.34. The minimum atomic E-state index is -0.687. The predicted molar refractivity (Wildman–Crippen MR) is 136 cm³/mol. The summed E-state index contributed by atoms with van der Waals surface area (Å²) in [6.45, 7) is 5.89. The molecule has 0 bridgehead atoms. The second-order valence-electron chi connectivity index (χ2n) is 9.38. The lowest BCUT2D eigenvalue weighted by molar-refractivity contribution is 0.245. The van der Waals surface area contributed by atoms with E-state index in [1.165, 1.54) is 19.2 Å². The van der Waals surface area contributed by atoms with Crippen molar-refractivity contribution in [2.45, 2.75) is 19.0 Å². The van der Waals surface area contributed by atoms with E-state index in [1.54, 1.807) is 12.1 Å². The van der Waals surface area contributed by atoms with Crippen LogP contribution in [0.15, 0.2) is 24.3 Å². The summed E-state index contributed by atoms with van der Waals surface area (Å²) in [5, 5.41) is 3.96. The van der Waals surface area contributed by atoms with Crippen molar-refractivity contribution in [1.82, 2.24) is 20.2 Å². The van der Waals surface area contributed by atoms with Gasteiger partial charge in [0, 0.05) is 55.8 Å². The lowest BCUT2D eigenvalue weighted by Gasteiger charge is -2.43. The van der Waals surface area contributed by atoms with Gasteiger partial charge < -0.3 is 24.8 Å². The number of benzene rings is 2. The number of anilines is 2. The van der Waals surface area contributed by atoms with Gasteiger partial charge in [0.15, 0.2) is 5.82 Å². The van der Waals surface area contributed by atoms with Crippen molar-refractivity contribution in [3.05, 3.63) is 40.9 Å². The SMILES string of the molecule is COc1cccc(F)c1-c1c(Cl)cc2c(N3CCNC[C@@H]3C)nc(N3CC(N(C)C)C3)nc2c1F. The van der Waals surface area contributed by atoms with Crippen LogP contribution in [0.2, 0.25) is 5.02 Å². The Morgan fingerprint density at radius 3 is 2.63 bits per heavy atom. The van der Waals surface area contributed by atoms with Crippen LogP contribution >= 0.6 is 11.6 Å². The average Bonchev–Trinajstić information content (AvgIpc) is 2.79. The van der Waals surface area contributed by atoms with E-state index in [0.717, 1.165) is 32.7 Å². The van der Waals surface area contributed by atoms with Gasteiger partial charge in [0.25, 0.3) is 0 Å². The summed E-state index contributed by atoms with van der Waals surface area (Å²) >= 11 is 6.62. The van der Waals surface area contributed by atoms with Gasteiger partial charge in [-0.2, -0.15) is 4.98 Å². The van der Waals surface area contributed by atoms with E-state index < -0.39 is 11.6 Å². The summed E-state index contributed by atoms with van der Waals surface area (Å²) in [6.07, 6.45) is 0. The fourth-order valence-electron chi connectivity index (χ4n) is 4.78. The largest absolute Gasteiger partial charge is 0.496 e. The highest BCUT2D eigenvalue weighted by Crippen LogP contribution is 2.43. The standard InChI is InChI=1S/C25H29ClF2N6O/c1-14-11-29-8-9-34(14)24-16-10-17(26)20(21-18(27)6-5-7-19(21)35-4)22(28)23(16)30-25(31-24)33-12-15(13-33)32(2)3/h5-7,10,14-15,29H,8-9,11-13H2,1-4H3/t14-/m0/s1. The minimum absolute atomic E-state index is 0.0201. The average molecular weight is 503 g/mol. The van der Waals surface area contributed by atoms with Gasteiger partial charge in [0.1, 0.15) is 22.9 Å². The van der Waals surface area contributed by atoms with Gasteiger partial charge in [-0.05, 0) is 39.2 Å². The zero-order valence-corrected chi connectivity index (χ0v) is 21.0. The molecule has 0 radical (unpaired) electrons. The number of likely N-dealkylation sites (N-methyl/N-ethyl adjacent to an activating group) is 1. The van der Waals surface area contributed by atoms with Crippen LogP contribution < -0.4 is 19.9 Å². The van der Waals surface area contributed by atoms with Crippen molar-refractivity contribution < 1.29 is 13.5 Å². The van der Waals surface area contributed by atoms with Crippen molar-refractivity contribution >= 4 is 34.3 Å². The molecule has 7 nitrogen and oxygen atoms in total. The summed E-state index contributed by atoms with van der Waals surface area (Å²) in [5.74, 6) is -0.00401. The highest BCUT2D eigenvalue weighted by atomic mass is 35.5. The number of nitrogens with zero attached hydrogens (tertiary/aromatic N) is 5. The van der Waals surface area contributed by atoms with E-state index in [0.29, 0.717) is 23.2 Å². The molecular weight excluding hydrogens is 474 g/mol. The Bertz CT molecular complexity index is 1270. The quantitative estimate of drug-likeness (QED) is 0.569. The number of aromatic nitrogens is 2. The molecule has 0 amide bonds. The van der Waals surface area contributed by atoms with Gasteiger partial charge in [-0.15, -0.1) is 0 Å². The number of fused-ring (bicyclic) bond motifs is 1. The third-order valence-electron chi connectivity index (χ3n) is 6.95. The van der Waals surface area contributed by atoms with Crippen molar-refractivity contribution in [1.29, 1.82) is 0 Å². The Labute approximate surface area is 208 Å². The molecule has 10 heteroatoms. The van der Waals surface area contributed by atoms with E-state index in [-0.39, 0.29) is 33.5 Å². The molecule has 1 N–H and O–H groups in total. The Kier molecular flexibility index (Phi) is 6.41. The maximum atomic E-state index is 16.3. The normalized spacial score (nSPS) is 18.9. The second-order valence-corrected chi connectivity index (χ2v) is 9.78. The molecule has 5 rings (SSSR count). The Balaban J connectivity index is 1.73. The predicted octanol–water partition coefficient (Wildman–Crippen LogP) is 3.79. The number of nitrogens with one attached hydrogen (secondary N) is 1. The van der Waals surface area contributed by atoms with Gasteiger partial charge in [-0.1, -0.05) is 17.7 Å². The topological polar surface area (TPSA) is 56.8 Å². The lowest BCUT2D eigenvalue weighted by Crippen LogP contribution is -2.58. The van der Waals surface area contributed by atoms with Crippen LogP contribution in [0, 0.1) is 11.6 Å². The zero-order chi connectivity index (χ0) is 24.9. The molecule has 2 saturated heterocycles. The van der Waals surface area contributed by atoms with E-state index in [4.69, 9.17) is 21.3 Å². The van der Waals surface area contributed by atoms with Crippen molar-refractivity contribution in [2.24, 2.45) is 0 Å². The molecule has 0 saturated carbocycles. The van der Waals surface area contributed by atoms with E-state index in [2.05, 4.69) is 27.0 Å². The van der Waals surface area contributed by atoms with Crippen LogP contribution in [-0.4, -0.2) is 80.9 Å². The second kappa shape index (κ2) is 9.37. The van der Waals surface area contributed by atoms with E-state index >= 15 is 4.39 Å². The van der Waals surface area contributed by atoms with Crippen molar-refractivity contribution in [3.63, 3.8) is 0 Å². The summed E-state index contributed by atoms with van der Waals surface area (Å²) in [4.78, 5) is 15.9. The smallest absolute Gasteiger partial charge is 0.228 e. The lowest BCUT2D eigenvalue weighted by atomic mass is 10.0. The molecule has 186 valence electrons. The fraction of sp³-hybridized carbons (Fsp3) is 0.440.